The number of rotatable bonds is 7. The van der Waals surface area contributed by atoms with Crippen LogP contribution in [0.3, 0.4) is 0 Å². The minimum Gasteiger partial charge on any atom is -0.374 e. The smallest absolute Gasteiger partial charge is 0.374 e. The van der Waals surface area contributed by atoms with Crippen LogP contribution >= 0.6 is 0 Å². The third-order valence-corrected chi connectivity index (χ3v) is 5.18. The second-order valence-electron chi connectivity index (χ2n) is 8.19. The van der Waals surface area contributed by atoms with Crippen molar-refractivity contribution in [2.24, 2.45) is 0 Å². The minimum atomic E-state index is -4.66. The first-order chi connectivity index (χ1) is 16.2. The molecule has 0 fully saturated rings. The van der Waals surface area contributed by atoms with Crippen LogP contribution in [0.15, 0.2) is 43.6 Å². The van der Waals surface area contributed by atoms with Crippen LogP contribution in [-0.2, 0) is 23.1 Å². The van der Waals surface area contributed by atoms with Gasteiger partial charge in [-0.25, -0.2) is 24.9 Å². The zero-order chi connectivity index (χ0) is 23.9. The molecule has 0 bridgehead atoms. The van der Waals surface area contributed by atoms with Crippen molar-refractivity contribution < 1.29 is 17.9 Å². The van der Waals surface area contributed by atoms with Gasteiger partial charge in [-0.1, -0.05) is 0 Å². The molecule has 14 heteroatoms. The quantitative estimate of drug-likeness (QED) is 0.373. The van der Waals surface area contributed by atoms with E-state index in [4.69, 9.17) is 4.74 Å². The SMILES string of the molecule is CC(C)(COCc1cnc2nc(-c3n[nH]c(C(F)(F)F)n3)c(-c3cnc[nH]3)n2c1)n1ccnc1. The average molecular weight is 472 g/mol. The molecule has 0 aromatic carbocycles. The molecule has 0 amide bonds. The highest BCUT2D eigenvalue weighted by Gasteiger charge is 2.36. The van der Waals surface area contributed by atoms with Gasteiger partial charge in [-0.05, 0) is 13.8 Å². The van der Waals surface area contributed by atoms with Crippen molar-refractivity contribution in [1.82, 2.24) is 49.1 Å². The summed E-state index contributed by atoms with van der Waals surface area (Å²) in [5.41, 5.74) is 1.50. The number of nitrogens with zero attached hydrogens (tertiary/aromatic N) is 8. The van der Waals surface area contributed by atoms with Gasteiger partial charge in [0.25, 0.3) is 0 Å². The molecule has 0 saturated heterocycles. The second kappa shape index (κ2) is 8.06. The van der Waals surface area contributed by atoms with Crippen LogP contribution in [0, 0.1) is 0 Å². The summed E-state index contributed by atoms with van der Waals surface area (Å²) in [6.45, 7) is 4.73. The molecular weight excluding hydrogens is 453 g/mol. The van der Waals surface area contributed by atoms with Crippen molar-refractivity contribution in [2.45, 2.75) is 32.2 Å². The Bertz CT molecular complexity index is 1400. The Morgan fingerprint density at radius 3 is 2.65 bits per heavy atom. The van der Waals surface area contributed by atoms with Crippen LogP contribution in [-0.4, -0.2) is 55.7 Å². The Morgan fingerprint density at radius 1 is 1.12 bits per heavy atom. The topological polar surface area (TPSA) is 127 Å². The molecule has 5 heterocycles. The molecule has 0 unspecified atom stereocenters. The number of ether oxygens (including phenoxy) is 1. The lowest BCUT2D eigenvalue weighted by atomic mass is 10.1. The fourth-order valence-electron chi connectivity index (χ4n) is 3.45. The Morgan fingerprint density at radius 2 is 1.97 bits per heavy atom. The lowest BCUT2D eigenvalue weighted by Crippen LogP contribution is -2.30. The van der Waals surface area contributed by atoms with Crippen LogP contribution in [0.2, 0.25) is 0 Å². The highest BCUT2D eigenvalue weighted by molar-refractivity contribution is 5.76. The van der Waals surface area contributed by atoms with E-state index in [2.05, 4.69) is 35.0 Å². The number of imidazole rings is 3. The van der Waals surface area contributed by atoms with Crippen molar-refractivity contribution in [1.29, 1.82) is 0 Å². The summed E-state index contributed by atoms with van der Waals surface area (Å²) in [6, 6.07) is 0. The van der Waals surface area contributed by atoms with E-state index in [0.717, 1.165) is 5.56 Å². The summed E-state index contributed by atoms with van der Waals surface area (Å²) < 4.78 is 48.6. The van der Waals surface area contributed by atoms with Crippen molar-refractivity contribution in [2.75, 3.05) is 6.61 Å². The fraction of sp³-hybridized carbons (Fsp3) is 0.300. The maximum Gasteiger partial charge on any atom is 0.451 e. The zero-order valence-corrected chi connectivity index (χ0v) is 18.1. The van der Waals surface area contributed by atoms with Gasteiger partial charge < -0.3 is 14.3 Å². The van der Waals surface area contributed by atoms with Gasteiger partial charge in [0.05, 0.1) is 43.3 Å². The van der Waals surface area contributed by atoms with Gasteiger partial charge in [0.15, 0.2) is 0 Å². The molecule has 0 saturated carbocycles. The molecule has 5 aromatic rings. The van der Waals surface area contributed by atoms with Gasteiger partial charge in [-0.15, -0.1) is 0 Å². The predicted octanol–water partition coefficient (Wildman–Crippen LogP) is 3.07. The van der Waals surface area contributed by atoms with E-state index >= 15 is 0 Å². The van der Waals surface area contributed by atoms with Gasteiger partial charge in [0.1, 0.15) is 11.4 Å². The number of aromatic nitrogens is 10. The first-order valence-electron chi connectivity index (χ1n) is 10.1. The zero-order valence-electron chi connectivity index (χ0n) is 18.1. The van der Waals surface area contributed by atoms with E-state index in [0.29, 0.717) is 18.0 Å². The third-order valence-electron chi connectivity index (χ3n) is 5.18. The number of hydrogen-bond donors (Lipinski definition) is 2. The van der Waals surface area contributed by atoms with E-state index in [1.54, 1.807) is 29.3 Å². The van der Waals surface area contributed by atoms with Crippen molar-refractivity contribution in [3.63, 3.8) is 0 Å². The van der Waals surface area contributed by atoms with Gasteiger partial charge in [-0.3, -0.25) is 9.50 Å². The summed E-state index contributed by atoms with van der Waals surface area (Å²) >= 11 is 0. The highest BCUT2D eigenvalue weighted by atomic mass is 19.4. The summed E-state index contributed by atoms with van der Waals surface area (Å²) in [4.78, 5) is 23.3. The molecule has 0 aliphatic heterocycles. The maximum absolute atomic E-state index is 13.0. The standard InChI is InChI=1S/C20H19F3N10O/c1-19(2,32-4-3-24-11-32)9-34-8-12-5-26-18-28-14(16-29-17(31-30-16)20(21,22)23)15(33(18)7-12)13-6-25-10-27-13/h3-7,10-11H,8-9H2,1-2H3,(H,25,27)(H,29,30,31). The number of aromatic amines is 2. The summed E-state index contributed by atoms with van der Waals surface area (Å²) in [5.74, 6) is -1.15. The summed E-state index contributed by atoms with van der Waals surface area (Å²) in [6.07, 6.45) is 6.99. The van der Waals surface area contributed by atoms with Gasteiger partial charge >= 0.3 is 6.18 Å². The molecule has 34 heavy (non-hydrogen) atoms. The number of nitrogens with one attached hydrogen (secondary N) is 2. The first kappa shape index (κ1) is 21.8. The van der Waals surface area contributed by atoms with Crippen LogP contribution < -0.4 is 0 Å². The molecule has 5 rings (SSSR count). The maximum atomic E-state index is 13.0. The van der Waals surface area contributed by atoms with Crippen molar-refractivity contribution >= 4 is 5.78 Å². The Balaban J connectivity index is 1.47. The molecule has 176 valence electrons. The van der Waals surface area contributed by atoms with E-state index < -0.39 is 12.0 Å². The Kier molecular flexibility index (Phi) is 5.16. The molecular formula is C20H19F3N10O. The first-order valence-corrected chi connectivity index (χ1v) is 10.1. The van der Waals surface area contributed by atoms with Gasteiger partial charge in [0, 0.05) is 30.4 Å². The van der Waals surface area contributed by atoms with Crippen LogP contribution in [0.5, 0.6) is 0 Å². The molecule has 0 spiro atoms. The van der Waals surface area contributed by atoms with Gasteiger partial charge in [-0.2, -0.15) is 18.3 Å². The largest absolute Gasteiger partial charge is 0.451 e. The summed E-state index contributed by atoms with van der Waals surface area (Å²) in [7, 11) is 0. The van der Waals surface area contributed by atoms with Crippen molar-refractivity contribution in [3.05, 3.63) is 55.0 Å². The Labute approximate surface area is 190 Å². The number of hydrogen-bond acceptors (Lipinski definition) is 7. The molecule has 0 atom stereocenters. The fourth-order valence-corrected chi connectivity index (χ4v) is 3.45. The number of alkyl halides is 3. The van der Waals surface area contributed by atoms with E-state index in [1.807, 2.05) is 29.7 Å². The number of H-pyrrole nitrogens is 2. The third kappa shape index (κ3) is 4.03. The van der Waals surface area contributed by atoms with Crippen LogP contribution in [0.25, 0.3) is 28.7 Å². The van der Waals surface area contributed by atoms with Crippen LogP contribution in [0.1, 0.15) is 25.2 Å². The van der Waals surface area contributed by atoms with E-state index in [-0.39, 0.29) is 29.4 Å². The average Bonchev–Trinajstić information content (AvgIpc) is 3.59. The van der Waals surface area contributed by atoms with Crippen LogP contribution in [0.4, 0.5) is 13.2 Å². The molecule has 2 N–H and O–H groups in total. The predicted molar refractivity (Wildman–Crippen MR) is 112 cm³/mol. The molecule has 0 radical (unpaired) electrons. The summed E-state index contributed by atoms with van der Waals surface area (Å²) in [5, 5.41) is 5.63. The highest BCUT2D eigenvalue weighted by Crippen LogP contribution is 2.32. The lowest BCUT2D eigenvalue weighted by Gasteiger charge is -2.26. The molecule has 11 nitrogen and oxygen atoms in total. The lowest BCUT2D eigenvalue weighted by molar-refractivity contribution is -0.144. The second-order valence-corrected chi connectivity index (χ2v) is 8.19. The molecule has 0 aliphatic carbocycles. The minimum absolute atomic E-state index is 0.128. The number of halogens is 3. The van der Waals surface area contributed by atoms with E-state index in [1.165, 1.54) is 12.5 Å². The van der Waals surface area contributed by atoms with E-state index in [9.17, 15) is 13.2 Å². The number of fused-ring (bicyclic) bond motifs is 1. The molecule has 5 aromatic heterocycles. The normalized spacial score (nSPS) is 12.6. The van der Waals surface area contributed by atoms with Crippen molar-refractivity contribution in [3.8, 4) is 22.9 Å². The van der Waals surface area contributed by atoms with Gasteiger partial charge in [0.2, 0.25) is 17.4 Å². The molecule has 0 aliphatic rings. The monoisotopic (exact) mass is 472 g/mol. The Hall–Kier alpha value is -4.07.